The molecule has 0 atom stereocenters. The van der Waals surface area contributed by atoms with Crippen LogP contribution in [0.25, 0.3) is 11.4 Å². The van der Waals surface area contributed by atoms with Crippen LogP contribution < -0.4 is 26.8 Å². The fourth-order valence-corrected chi connectivity index (χ4v) is 3.31. The summed E-state index contributed by atoms with van der Waals surface area (Å²) in [6.45, 7) is 0. The van der Waals surface area contributed by atoms with Gasteiger partial charge in [-0.2, -0.15) is 22.8 Å². The predicted molar refractivity (Wildman–Crippen MR) is 119 cm³/mol. The molecule has 4 rings (SSSR count). The van der Waals surface area contributed by atoms with Gasteiger partial charge in [0.1, 0.15) is 5.69 Å². The first-order valence-electron chi connectivity index (χ1n) is 9.84. The molecule has 0 radical (unpaired) electrons. The van der Waals surface area contributed by atoms with E-state index in [1.54, 1.807) is 6.07 Å². The van der Waals surface area contributed by atoms with Crippen molar-refractivity contribution in [2.75, 3.05) is 16.4 Å². The first-order valence-corrected chi connectivity index (χ1v) is 9.84. The molecule has 6 N–H and O–H groups in total. The van der Waals surface area contributed by atoms with Gasteiger partial charge in [-0.1, -0.05) is 0 Å². The fraction of sp³-hybridized carbons (Fsp3) is 0.0476. The third kappa shape index (κ3) is 4.71. The highest BCUT2D eigenvalue weighted by atomic mass is 19.4. The summed E-state index contributed by atoms with van der Waals surface area (Å²) in [6, 6.07) is 9.60. The molecule has 14 heteroatoms. The van der Waals surface area contributed by atoms with Crippen molar-refractivity contribution < 1.29 is 27.5 Å². The van der Waals surface area contributed by atoms with Gasteiger partial charge in [-0.05, 0) is 48.5 Å². The van der Waals surface area contributed by atoms with Gasteiger partial charge in [0, 0.05) is 18.1 Å². The number of nitrogens with two attached hydrogens (primary N) is 2. The van der Waals surface area contributed by atoms with E-state index in [-0.39, 0.29) is 27.6 Å². The quantitative estimate of drug-likeness (QED) is 0.252. The monoisotopic (exact) mass is 486 g/mol. The van der Waals surface area contributed by atoms with E-state index in [0.29, 0.717) is 5.69 Å². The normalized spacial score (nSPS) is 11.3. The molecule has 0 fully saturated rings. The molecule has 2 heterocycles. The molecule has 2 aromatic carbocycles. The molecule has 35 heavy (non-hydrogen) atoms. The maximum absolute atomic E-state index is 13.2. The Labute approximate surface area is 195 Å². The summed E-state index contributed by atoms with van der Waals surface area (Å²) in [4.78, 5) is 23.9. The van der Waals surface area contributed by atoms with Crippen LogP contribution in [0, 0.1) is 5.21 Å². The van der Waals surface area contributed by atoms with Crippen molar-refractivity contribution in [2.45, 2.75) is 6.18 Å². The molecule has 0 aliphatic heterocycles. The van der Waals surface area contributed by atoms with E-state index in [2.05, 4.69) is 15.7 Å². The summed E-state index contributed by atoms with van der Waals surface area (Å²) in [5.74, 6) is -1.16. The molecule has 0 saturated heterocycles. The maximum atomic E-state index is 13.2. The number of aromatic nitrogens is 4. The Morgan fingerprint density at radius 2 is 1.80 bits per heavy atom. The third-order valence-corrected chi connectivity index (χ3v) is 4.90. The lowest BCUT2D eigenvalue weighted by Crippen LogP contribution is -2.34. The Kier molecular flexibility index (Phi) is 5.78. The molecule has 180 valence electrons. The first kappa shape index (κ1) is 23.2. The number of carbonyl (C=O) groups excluding carboxylic acids is 2. The van der Waals surface area contributed by atoms with Crippen molar-refractivity contribution in [3.63, 3.8) is 0 Å². The van der Waals surface area contributed by atoms with Gasteiger partial charge >= 0.3 is 12.2 Å². The lowest BCUT2D eigenvalue weighted by molar-refractivity contribution is -0.606. The maximum Gasteiger partial charge on any atom is 0.416 e. The average molecular weight is 486 g/mol. The summed E-state index contributed by atoms with van der Waals surface area (Å²) >= 11 is 0. The highest BCUT2D eigenvalue weighted by molar-refractivity contribution is 6.01. The Morgan fingerprint density at radius 3 is 2.37 bits per heavy atom. The number of urea groups is 1. The van der Waals surface area contributed by atoms with Crippen LogP contribution in [0.5, 0.6) is 0 Å². The molecule has 11 nitrogen and oxygen atoms in total. The minimum Gasteiger partial charge on any atom is -0.710 e. The first-order chi connectivity index (χ1) is 16.5. The van der Waals surface area contributed by atoms with Crippen molar-refractivity contribution in [1.82, 2.24) is 14.3 Å². The Morgan fingerprint density at radius 1 is 1.09 bits per heavy atom. The van der Waals surface area contributed by atoms with Gasteiger partial charge in [-0.15, -0.1) is 0 Å². The number of imidazole rings is 1. The largest absolute Gasteiger partial charge is 0.710 e. The van der Waals surface area contributed by atoms with Gasteiger partial charge in [-0.25, -0.2) is 14.2 Å². The number of nitrogen functional groups attached to an aromatic ring is 1. The van der Waals surface area contributed by atoms with Crippen molar-refractivity contribution in [2.24, 2.45) is 5.73 Å². The molecular formula is C21H17F3N8O3. The molecule has 0 bridgehead atoms. The van der Waals surface area contributed by atoms with Crippen LogP contribution in [0.15, 0.2) is 67.3 Å². The SMILES string of the molecule is NC(=O)c1c(N)n(-c2ccc(NC(=O)Nc3cc(C(F)(F)F)ccc3-n3cccn3)cc2)c[n+]1[O-]. The number of nitrogens with one attached hydrogen (secondary N) is 2. The molecule has 0 unspecified atom stereocenters. The number of nitrogens with zero attached hydrogens (tertiary/aromatic N) is 4. The minimum absolute atomic E-state index is 0.114. The number of hydrogen-bond acceptors (Lipinski definition) is 5. The van der Waals surface area contributed by atoms with E-state index >= 15 is 0 Å². The molecule has 2 aromatic heterocycles. The Hall–Kier alpha value is -5.01. The number of benzene rings is 2. The van der Waals surface area contributed by atoms with Crippen LogP contribution in [0.3, 0.4) is 0 Å². The van der Waals surface area contributed by atoms with Crippen LogP contribution in [0.2, 0.25) is 0 Å². The van der Waals surface area contributed by atoms with E-state index in [9.17, 15) is 28.0 Å². The lowest BCUT2D eigenvalue weighted by Gasteiger charge is -2.15. The Bertz CT molecular complexity index is 1400. The number of halogens is 3. The molecule has 3 amide bonds. The summed E-state index contributed by atoms with van der Waals surface area (Å²) < 4.78 is 42.4. The van der Waals surface area contributed by atoms with Gasteiger partial charge in [-0.3, -0.25) is 4.79 Å². The zero-order chi connectivity index (χ0) is 25.3. The second-order valence-corrected chi connectivity index (χ2v) is 7.22. The van der Waals surface area contributed by atoms with Crippen LogP contribution in [0.4, 0.5) is 35.2 Å². The average Bonchev–Trinajstić information content (AvgIpc) is 3.41. The van der Waals surface area contributed by atoms with Gasteiger partial charge < -0.3 is 27.3 Å². The van der Waals surface area contributed by atoms with Crippen LogP contribution in [-0.2, 0) is 6.18 Å². The van der Waals surface area contributed by atoms with E-state index < -0.39 is 29.4 Å². The second kappa shape index (κ2) is 8.74. The van der Waals surface area contributed by atoms with Crippen molar-refractivity contribution >= 4 is 29.1 Å². The number of hydrogen-bond donors (Lipinski definition) is 4. The molecule has 0 aliphatic rings. The number of amides is 3. The zero-order valence-corrected chi connectivity index (χ0v) is 17.7. The zero-order valence-electron chi connectivity index (χ0n) is 17.7. The Balaban J connectivity index is 1.55. The molecule has 4 aromatic rings. The van der Waals surface area contributed by atoms with Gasteiger partial charge in [0.25, 0.3) is 23.7 Å². The number of primary amides is 1. The molecule has 0 spiro atoms. The third-order valence-electron chi connectivity index (χ3n) is 4.90. The predicted octanol–water partition coefficient (Wildman–Crippen LogP) is 2.64. The number of carbonyl (C=O) groups is 2. The van der Waals surface area contributed by atoms with Crippen molar-refractivity contribution in [3.05, 3.63) is 83.7 Å². The molecule has 0 aliphatic carbocycles. The smallest absolute Gasteiger partial charge is 0.416 e. The van der Waals surface area contributed by atoms with Gasteiger partial charge in [0.15, 0.2) is 0 Å². The number of alkyl halides is 3. The number of anilines is 3. The lowest BCUT2D eigenvalue weighted by atomic mass is 10.1. The highest BCUT2D eigenvalue weighted by Crippen LogP contribution is 2.33. The van der Waals surface area contributed by atoms with Crippen LogP contribution in [-0.4, -0.2) is 26.3 Å². The highest BCUT2D eigenvalue weighted by Gasteiger charge is 2.31. The van der Waals surface area contributed by atoms with Gasteiger partial charge in [0.05, 0.1) is 16.9 Å². The summed E-state index contributed by atoms with van der Waals surface area (Å²) in [5, 5.41) is 20.7. The topological polar surface area (TPSA) is 160 Å². The van der Waals surface area contributed by atoms with Crippen LogP contribution in [0.1, 0.15) is 16.1 Å². The molecular weight excluding hydrogens is 469 g/mol. The summed E-state index contributed by atoms with van der Waals surface area (Å²) in [5.41, 5.74) is 10.4. The second-order valence-electron chi connectivity index (χ2n) is 7.22. The van der Waals surface area contributed by atoms with Gasteiger partial charge in [0.2, 0.25) is 0 Å². The van der Waals surface area contributed by atoms with E-state index in [1.165, 1.54) is 52.0 Å². The fourth-order valence-electron chi connectivity index (χ4n) is 3.31. The van der Waals surface area contributed by atoms with E-state index in [4.69, 9.17) is 11.5 Å². The van der Waals surface area contributed by atoms with Crippen molar-refractivity contribution in [3.8, 4) is 11.4 Å². The summed E-state index contributed by atoms with van der Waals surface area (Å²) in [7, 11) is 0. The summed E-state index contributed by atoms with van der Waals surface area (Å²) in [6.07, 6.45) is -0.620. The van der Waals surface area contributed by atoms with Crippen molar-refractivity contribution in [1.29, 1.82) is 0 Å². The minimum atomic E-state index is -4.61. The van der Waals surface area contributed by atoms with E-state index in [1.807, 2.05) is 0 Å². The molecule has 0 saturated carbocycles. The standard InChI is InChI=1S/C21H17F3N8O3/c22-21(23,24)12-2-7-16(31-9-1-8-27-31)15(10-12)29-20(34)28-13-3-5-14(6-4-13)30-11-32(35)17(18(30)25)19(26)33/h1-11H,25H2,(H2,26,33)(H2,28,29,34). The number of rotatable bonds is 5. The van der Waals surface area contributed by atoms with Crippen LogP contribution >= 0.6 is 0 Å². The van der Waals surface area contributed by atoms with E-state index in [0.717, 1.165) is 18.5 Å².